The molecule has 14 heavy (non-hydrogen) atoms. The third-order valence-electron chi connectivity index (χ3n) is 3.96. The van der Waals surface area contributed by atoms with Crippen molar-refractivity contribution in [1.82, 2.24) is 0 Å². The molecule has 2 bridgehead atoms. The maximum atomic E-state index is 11.6. The van der Waals surface area contributed by atoms with Gasteiger partial charge < -0.3 is 4.74 Å². The van der Waals surface area contributed by atoms with Gasteiger partial charge >= 0.3 is 5.97 Å². The number of carbonyl (C=O) groups is 1. The summed E-state index contributed by atoms with van der Waals surface area (Å²) in [6.45, 7) is 3.99. The van der Waals surface area contributed by atoms with E-state index < -0.39 is 0 Å². The molecular formula is C12H20O2. The Morgan fingerprint density at radius 2 is 2.21 bits per heavy atom. The molecule has 2 aliphatic carbocycles. The van der Waals surface area contributed by atoms with Crippen LogP contribution in [0.1, 0.15) is 46.0 Å². The highest BCUT2D eigenvalue weighted by Gasteiger charge is 2.41. The molecule has 0 spiro atoms. The Morgan fingerprint density at radius 1 is 1.43 bits per heavy atom. The van der Waals surface area contributed by atoms with Crippen LogP contribution in [0.4, 0.5) is 0 Å². The summed E-state index contributed by atoms with van der Waals surface area (Å²) < 4.78 is 5.56. The summed E-state index contributed by atoms with van der Waals surface area (Å²) in [5, 5.41) is 0. The fourth-order valence-electron chi connectivity index (χ4n) is 2.76. The second-order valence-corrected chi connectivity index (χ2v) is 4.96. The first-order valence-corrected chi connectivity index (χ1v) is 5.91. The Bertz CT molecular complexity index is 224. The van der Waals surface area contributed by atoms with Gasteiger partial charge in [0.2, 0.25) is 0 Å². The summed E-state index contributed by atoms with van der Waals surface area (Å²) in [4.78, 5) is 11.6. The van der Waals surface area contributed by atoms with Crippen LogP contribution < -0.4 is 0 Å². The van der Waals surface area contributed by atoms with Gasteiger partial charge in [0.25, 0.3) is 0 Å². The van der Waals surface area contributed by atoms with Crippen LogP contribution >= 0.6 is 0 Å². The fourth-order valence-corrected chi connectivity index (χ4v) is 2.76. The number of carbonyl (C=O) groups excluding carboxylic acids is 1. The molecule has 2 nitrogen and oxygen atoms in total. The molecule has 0 aromatic heterocycles. The van der Waals surface area contributed by atoms with Gasteiger partial charge in [-0.25, -0.2) is 0 Å². The molecule has 0 aliphatic heterocycles. The van der Waals surface area contributed by atoms with E-state index in [4.69, 9.17) is 4.74 Å². The highest BCUT2D eigenvalue weighted by Crippen LogP contribution is 2.46. The van der Waals surface area contributed by atoms with Crippen molar-refractivity contribution < 1.29 is 9.53 Å². The molecule has 80 valence electrons. The van der Waals surface area contributed by atoms with E-state index >= 15 is 0 Å². The molecule has 0 radical (unpaired) electrons. The van der Waals surface area contributed by atoms with Crippen LogP contribution in [0.15, 0.2) is 0 Å². The highest BCUT2D eigenvalue weighted by molar-refractivity contribution is 5.72. The predicted octanol–water partition coefficient (Wildman–Crippen LogP) is 2.76. The lowest BCUT2D eigenvalue weighted by molar-refractivity contribution is -0.156. The summed E-state index contributed by atoms with van der Waals surface area (Å²) in [7, 11) is 0. The summed E-state index contributed by atoms with van der Waals surface area (Å²) in [5.74, 6) is 1.64. The van der Waals surface area contributed by atoms with E-state index in [1.165, 1.54) is 19.3 Å². The Balaban J connectivity index is 1.84. The Morgan fingerprint density at radius 3 is 2.71 bits per heavy atom. The maximum absolute atomic E-state index is 11.6. The minimum absolute atomic E-state index is 0.0186. The molecule has 0 N–H and O–H groups in total. The fraction of sp³-hybridized carbons (Fsp3) is 0.917. The van der Waals surface area contributed by atoms with Crippen LogP contribution in [0.5, 0.6) is 0 Å². The first-order valence-electron chi connectivity index (χ1n) is 5.91. The number of esters is 1. The largest absolute Gasteiger partial charge is 0.462 e. The molecule has 0 saturated heterocycles. The predicted molar refractivity (Wildman–Crippen MR) is 54.8 cm³/mol. The van der Waals surface area contributed by atoms with Crippen molar-refractivity contribution in [3.63, 3.8) is 0 Å². The zero-order valence-electron chi connectivity index (χ0n) is 9.16. The molecule has 2 rings (SSSR count). The lowest BCUT2D eigenvalue weighted by Crippen LogP contribution is -2.26. The molecule has 4 unspecified atom stereocenters. The molecular weight excluding hydrogens is 176 g/mol. The second kappa shape index (κ2) is 3.92. The third kappa shape index (κ3) is 1.79. The van der Waals surface area contributed by atoms with Crippen LogP contribution in [0.3, 0.4) is 0 Å². The van der Waals surface area contributed by atoms with Crippen LogP contribution in [0, 0.1) is 17.8 Å². The maximum Gasteiger partial charge on any atom is 0.308 e. The zero-order valence-corrected chi connectivity index (χ0v) is 9.16. The van der Waals surface area contributed by atoms with Gasteiger partial charge in [0.15, 0.2) is 0 Å². The molecule has 2 saturated carbocycles. The van der Waals surface area contributed by atoms with Crippen molar-refractivity contribution in [2.75, 3.05) is 0 Å². The van der Waals surface area contributed by atoms with E-state index in [0.717, 1.165) is 18.8 Å². The van der Waals surface area contributed by atoms with Gasteiger partial charge in [0.05, 0.1) is 5.92 Å². The topological polar surface area (TPSA) is 26.3 Å². The second-order valence-electron chi connectivity index (χ2n) is 4.96. The minimum Gasteiger partial charge on any atom is -0.462 e. The summed E-state index contributed by atoms with van der Waals surface area (Å²) in [5.41, 5.74) is 0. The Labute approximate surface area is 86.0 Å². The molecule has 0 amide bonds. The molecule has 0 aromatic rings. The van der Waals surface area contributed by atoms with Crippen LogP contribution in [-0.4, -0.2) is 12.1 Å². The smallest absolute Gasteiger partial charge is 0.308 e. The molecule has 0 aromatic carbocycles. The SMILES string of the molecule is CCC(C)C(=O)OC1CC2CCC1C2. The van der Waals surface area contributed by atoms with Gasteiger partial charge in [-0.1, -0.05) is 13.8 Å². The summed E-state index contributed by atoms with van der Waals surface area (Å²) in [6, 6.07) is 0. The van der Waals surface area contributed by atoms with Crippen LogP contribution in [0.2, 0.25) is 0 Å². The van der Waals surface area contributed by atoms with Gasteiger partial charge in [-0.3, -0.25) is 4.79 Å². The van der Waals surface area contributed by atoms with E-state index in [9.17, 15) is 4.79 Å². The van der Waals surface area contributed by atoms with Crippen LogP contribution in [0.25, 0.3) is 0 Å². The van der Waals surface area contributed by atoms with Gasteiger partial charge in [-0.2, -0.15) is 0 Å². The number of hydrogen-bond acceptors (Lipinski definition) is 2. The number of ether oxygens (including phenoxy) is 1. The molecule has 2 fully saturated rings. The third-order valence-corrected chi connectivity index (χ3v) is 3.96. The molecule has 4 atom stereocenters. The molecule has 0 heterocycles. The minimum atomic E-state index is 0.0186. The zero-order chi connectivity index (χ0) is 10.1. The van der Waals surface area contributed by atoms with Crippen molar-refractivity contribution >= 4 is 5.97 Å². The highest BCUT2D eigenvalue weighted by atomic mass is 16.5. The quantitative estimate of drug-likeness (QED) is 0.649. The standard InChI is InChI=1S/C12H20O2/c1-3-8(2)12(13)14-11-7-9-4-5-10(11)6-9/h8-11H,3-7H2,1-2H3. The van der Waals surface area contributed by atoms with Gasteiger partial charge in [0.1, 0.15) is 6.10 Å². The first kappa shape index (κ1) is 10.0. The van der Waals surface area contributed by atoms with E-state index in [1.807, 2.05) is 13.8 Å². The monoisotopic (exact) mass is 196 g/mol. The van der Waals surface area contributed by atoms with E-state index in [-0.39, 0.29) is 18.0 Å². The summed E-state index contributed by atoms with van der Waals surface area (Å²) in [6.07, 6.45) is 6.23. The van der Waals surface area contributed by atoms with Gasteiger partial charge in [-0.05, 0) is 43.9 Å². The average Bonchev–Trinajstić information content (AvgIpc) is 2.77. The summed E-state index contributed by atoms with van der Waals surface area (Å²) >= 11 is 0. The van der Waals surface area contributed by atoms with Crippen LogP contribution in [-0.2, 0) is 9.53 Å². The van der Waals surface area contributed by atoms with E-state index in [0.29, 0.717) is 5.92 Å². The lowest BCUT2D eigenvalue weighted by atomic mass is 9.97. The number of fused-ring (bicyclic) bond motifs is 2. The number of rotatable bonds is 3. The van der Waals surface area contributed by atoms with Crippen molar-refractivity contribution in [1.29, 1.82) is 0 Å². The van der Waals surface area contributed by atoms with E-state index in [1.54, 1.807) is 0 Å². The van der Waals surface area contributed by atoms with Crippen molar-refractivity contribution in [3.05, 3.63) is 0 Å². The van der Waals surface area contributed by atoms with Gasteiger partial charge in [0, 0.05) is 0 Å². The number of hydrogen-bond donors (Lipinski definition) is 0. The Hall–Kier alpha value is -0.530. The van der Waals surface area contributed by atoms with Gasteiger partial charge in [-0.15, -0.1) is 0 Å². The normalized spacial score (nSPS) is 37.1. The van der Waals surface area contributed by atoms with Crippen molar-refractivity contribution in [2.24, 2.45) is 17.8 Å². The lowest BCUT2D eigenvalue weighted by Gasteiger charge is -2.23. The Kier molecular flexibility index (Phi) is 2.80. The molecule has 2 heteroatoms. The first-order chi connectivity index (χ1) is 6.70. The van der Waals surface area contributed by atoms with E-state index in [2.05, 4.69) is 0 Å². The molecule has 2 aliphatic rings. The van der Waals surface area contributed by atoms with Crippen molar-refractivity contribution in [3.8, 4) is 0 Å². The van der Waals surface area contributed by atoms with Crippen molar-refractivity contribution in [2.45, 2.75) is 52.1 Å². The average molecular weight is 196 g/mol.